The van der Waals surface area contributed by atoms with Crippen LogP contribution in [-0.4, -0.2) is 24.0 Å². The summed E-state index contributed by atoms with van der Waals surface area (Å²) in [4.78, 5) is 10.9. The van der Waals surface area contributed by atoms with Gasteiger partial charge in [-0.15, -0.1) is 0 Å². The molecule has 0 aliphatic carbocycles. The molecule has 17 heavy (non-hydrogen) atoms. The van der Waals surface area contributed by atoms with Gasteiger partial charge in [-0.3, -0.25) is 0 Å². The first-order valence-corrected chi connectivity index (χ1v) is 6.84. The van der Waals surface area contributed by atoms with Crippen LogP contribution in [0.25, 0.3) is 0 Å². The predicted molar refractivity (Wildman–Crippen MR) is 81.3 cm³/mol. The molecule has 0 spiro atoms. The number of phenols is 1. The predicted octanol–water partition coefficient (Wildman–Crippen LogP) is 2.68. The lowest BCUT2D eigenvalue weighted by molar-refractivity contribution is 0.152. The Morgan fingerprint density at radius 2 is 2.29 bits per heavy atom. The number of ether oxygens (including phenoxy) is 1. The van der Waals surface area contributed by atoms with Crippen LogP contribution < -0.4 is 5.43 Å². The van der Waals surface area contributed by atoms with E-state index < -0.39 is 6.09 Å². The summed E-state index contributed by atoms with van der Waals surface area (Å²) in [6, 6.07) is 3.60. The zero-order chi connectivity index (χ0) is 12.8. The Labute approximate surface area is 126 Å². The Kier molecular flexibility index (Phi) is 5.95. The molecule has 1 aromatic rings. The van der Waals surface area contributed by atoms with Crippen molar-refractivity contribution in [3.05, 3.63) is 24.8 Å². The van der Waals surface area contributed by atoms with Crippen molar-refractivity contribution in [3.8, 4) is 5.75 Å². The number of carbonyl (C=O) groups is 1. The Morgan fingerprint density at radius 3 is 2.94 bits per heavy atom. The van der Waals surface area contributed by atoms with Crippen LogP contribution in [0, 0.1) is 7.14 Å². The number of benzene rings is 1. The van der Waals surface area contributed by atoms with Gasteiger partial charge in [0.2, 0.25) is 0 Å². The largest absolute Gasteiger partial charge is 0.506 e. The number of aromatic hydroxyl groups is 1. The van der Waals surface area contributed by atoms with Crippen molar-refractivity contribution in [2.45, 2.75) is 6.92 Å². The molecule has 5 nitrogen and oxygen atoms in total. The number of hydrogen-bond donors (Lipinski definition) is 2. The summed E-state index contributed by atoms with van der Waals surface area (Å²) in [6.45, 7) is 1.99. The van der Waals surface area contributed by atoms with Crippen LogP contribution >= 0.6 is 45.2 Å². The highest BCUT2D eigenvalue weighted by Crippen LogP contribution is 2.25. The van der Waals surface area contributed by atoms with E-state index in [9.17, 15) is 9.90 Å². The average molecular weight is 460 g/mol. The molecule has 7 heteroatoms. The minimum atomic E-state index is -0.622. The molecule has 0 fully saturated rings. The number of halogens is 2. The standard InChI is InChI=1S/C10H10I2N2O3/c1-2-17-10(16)14-13-5-6-3-7(11)4-8(12)9(6)15/h3-5,15H,2H2,1H3,(H,14,16)/b13-5+. The maximum Gasteiger partial charge on any atom is 0.427 e. The molecule has 0 aliphatic rings. The first-order chi connectivity index (χ1) is 8.04. The van der Waals surface area contributed by atoms with Gasteiger partial charge >= 0.3 is 6.09 Å². The smallest absolute Gasteiger partial charge is 0.427 e. The molecule has 0 unspecified atom stereocenters. The van der Waals surface area contributed by atoms with Gasteiger partial charge in [-0.2, -0.15) is 5.10 Å². The van der Waals surface area contributed by atoms with Crippen molar-refractivity contribution >= 4 is 57.5 Å². The molecule has 0 radical (unpaired) electrons. The normalized spacial score (nSPS) is 10.5. The SMILES string of the molecule is CCOC(=O)N/N=C/c1cc(I)cc(I)c1O. The highest BCUT2D eigenvalue weighted by atomic mass is 127. The molecule has 0 aliphatic heterocycles. The lowest BCUT2D eigenvalue weighted by Crippen LogP contribution is -2.18. The quantitative estimate of drug-likeness (QED) is 0.415. The van der Waals surface area contributed by atoms with Crippen LogP contribution in [0.1, 0.15) is 12.5 Å². The Hall–Kier alpha value is -0.580. The highest BCUT2D eigenvalue weighted by molar-refractivity contribution is 14.1. The second-order valence-corrected chi connectivity index (χ2v) is 5.32. The van der Waals surface area contributed by atoms with Crippen molar-refractivity contribution in [1.82, 2.24) is 5.43 Å². The Balaban J connectivity index is 2.74. The minimum absolute atomic E-state index is 0.139. The van der Waals surface area contributed by atoms with Gasteiger partial charge in [0.05, 0.1) is 16.4 Å². The maximum atomic E-state index is 10.9. The molecule has 0 saturated carbocycles. The number of nitrogens with zero attached hydrogens (tertiary/aromatic N) is 1. The number of nitrogens with one attached hydrogen (secondary N) is 1. The first kappa shape index (κ1) is 14.5. The molecule has 1 rings (SSSR count). The zero-order valence-corrected chi connectivity index (χ0v) is 13.2. The van der Waals surface area contributed by atoms with E-state index in [4.69, 9.17) is 0 Å². The Bertz CT molecular complexity index is 449. The summed E-state index contributed by atoms with van der Waals surface area (Å²) in [5, 5.41) is 13.4. The molecule has 0 saturated heterocycles. The van der Waals surface area contributed by atoms with Crippen molar-refractivity contribution in [3.63, 3.8) is 0 Å². The first-order valence-electron chi connectivity index (χ1n) is 4.68. The summed E-state index contributed by atoms with van der Waals surface area (Å²) in [5.74, 6) is 0.139. The maximum absolute atomic E-state index is 10.9. The van der Waals surface area contributed by atoms with Crippen molar-refractivity contribution in [2.24, 2.45) is 5.10 Å². The molecule has 0 heterocycles. The monoisotopic (exact) mass is 460 g/mol. The number of carbonyl (C=O) groups excluding carboxylic acids is 1. The Morgan fingerprint density at radius 1 is 1.59 bits per heavy atom. The second-order valence-electron chi connectivity index (χ2n) is 2.92. The summed E-state index contributed by atoms with van der Waals surface area (Å²) >= 11 is 4.16. The van der Waals surface area contributed by atoms with Gasteiger partial charge in [0.25, 0.3) is 0 Å². The summed E-state index contributed by atoms with van der Waals surface area (Å²) in [5.41, 5.74) is 2.73. The minimum Gasteiger partial charge on any atom is -0.506 e. The van der Waals surface area contributed by atoms with E-state index >= 15 is 0 Å². The van der Waals surface area contributed by atoms with Gasteiger partial charge in [-0.1, -0.05) is 0 Å². The number of rotatable bonds is 3. The van der Waals surface area contributed by atoms with E-state index in [0.29, 0.717) is 5.56 Å². The lowest BCUT2D eigenvalue weighted by Gasteiger charge is -2.03. The van der Waals surface area contributed by atoms with E-state index in [0.717, 1.165) is 7.14 Å². The molecule has 92 valence electrons. The molecule has 0 aromatic heterocycles. The third kappa shape index (κ3) is 4.66. The molecule has 1 amide bonds. The van der Waals surface area contributed by atoms with E-state index in [1.54, 1.807) is 13.0 Å². The number of amides is 1. The van der Waals surface area contributed by atoms with Crippen LogP contribution in [0.15, 0.2) is 17.2 Å². The average Bonchev–Trinajstić information content (AvgIpc) is 2.25. The number of hydrazone groups is 1. The van der Waals surface area contributed by atoms with Gasteiger partial charge in [0.1, 0.15) is 5.75 Å². The van der Waals surface area contributed by atoms with Gasteiger partial charge in [-0.05, 0) is 64.2 Å². The number of phenolic OH excluding ortho intramolecular Hbond substituents is 1. The van der Waals surface area contributed by atoms with Gasteiger partial charge < -0.3 is 9.84 Å². The topological polar surface area (TPSA) is 70.9 Å². The van der Waals surface area contributed by atoms with Crippen LogP contribution in [0.3, 0.4) is 0 Å². The van der Waals surface area contributed by atoms with Gasteiger partial charge in [-0.25, -0.2) is 10.2 Å². The summed E-state index contributed by atoms with van der Waals surface area (Å²) in [7, 11) is 0. The van der Waals surface area contributed by atoms with Crippen LogP contribution in [0.5, 0.6) is 5.75 Å². The van der Waals surface area contributed by atoms with E-state index in [1.807, 2.05) is 28.7 Å². The molecule has 0 atom stereocenters. The van der Waals surface area contributed by atoms with Gasteiger partial charge in [0.15, 0.2) is 0 Å². The second kappa shape index (κ2) is 6.99. The zero-order valence-electron chi connectivity index (χ0n) is 8.91. The van der Waals surface area contributed by atoms with E-state index in [1.165, 1.54) is 6.21 Å². The highest BCUT2D eigenvalue weighted by Gasteiger charge is 2.05. The summed E-state index contributed by atoms with van der Waals surface area (Å²) < 4.78 is 6.33. The fraction of sp³-hybridized carbons (Fsp3) is 0.200. The van der Waals surface area contributed by atoms with Crippen LogP contribution in [0.2, 0.25) is 0 Å². The van der Waals surface area contributed by atoms with Crippen LogP contribution in [0.4, 0.5) is 4.79 Å². The number of hydrogen-bond acceptors (Lipinski definition) is 4. The third-order valence-corrected chi connectivity index (χ3v) is 3.14. The molecular formula is C10H10I2N2O3. The fourth-order valence-corrected chi connectivity index (χ4v) is 2.89. The fourth-order valence-electron chi connectivity index (χ4n) is 1.00. The molecule has 0 bridgehead atoms. The van der Waals surface area contributed by atoms with E-state index in [2.05, 4.69) is 37.9 Å². The third-order valence-electron chi connectivity index (χ3n) is 1.69. The van der Waals surface area contributed by atoms with Crippen molar-refractivity contribution in [2.75, 3.05) is 6.61 Å². The molecule has 2 N–H and O–H groups in total. The van der Waals surface area contributed by atoms with Crippen LogP contribution in [-0.2, 0) is 4.74 Å². The summed E-state index contributed by atoms with van der Waals surface area (Å²) in [6.07, 6.45) is 0.750. The lowest BCUT2D eigenvalue weighted by atomic mass is 10.2. The van der Waals surface area contributed by atoms with Crippen molar-refractivity contribution in [1.29, 1.82) is 0 Å². The molecule has 1 aromatic carbocycles. The van der Waals surface area contributed by atoms with E-state index in [-0.39, 0.29) is 12.4 Å². The molecular weight excluding hydrogens is 450 g/mol. The van der Waals surface area contributed by atoms with Gasteiger partial charge in [0, 0.05) is 9.13 Å². The van der Waals surface area contributed by atoms with Crippen molar-refractivity contribution < 1.29 is 14.6 Å².